The van der Waals surface area contributed by atoms with Crippen molar-refractivity contribution in [2.24, 2.45) is 0 Å². The van der Waals surface area contributed by atoms with Crippen LogP contribution >= 0.6 is 0 Å². The number of methoxy groups -OCH3 is 2. The number of ketones is 2. The number of carbonyl (C=O) groups excluding carboxylic acids is 2. The number of allylic oxidation sites excluding steroid dienone is 2. The molecule has 0 aromatic heterocycles. The van der Waals surface area contributed by atoms with Gasteiger partial charge in [0, 0.05) is 17.1 Å². The summed E-state index contributed by atoms with van der Waals surface area (Å²) in [5.74, 6) is -0.0832. The molecule has 0 saturated carbocycles. The van der Waals surface area contributed by atoms with Crippen LogP contribution in [0.15, 0.2) is 140 Å². The molecule has 0 saturated heterocycles. The second kappa shape index (κ2) is 16.7. The monoisotopic (exact) mass is 613 g/mol. The first-order valence-electron chi connectivity index (χ1n) is 14.5. The number of aromatic hydroxyl groups is 2. The zero-order chi connectivity index (χ0) is 32.7. The van der Waals surface area contributed by atoms with E-state index in [-0.39, 0.29) is 29.5 Å². The van der Waals surface area contributed by atoms with E-state index in [1.165, 1.54) is 55.6 Å². The minimum Gasteiger partial charge on any atom is -0.504 e. The van der Waals surface area contributed by atoms with Crippen LogP contribution in [0.5, 0.6) is 23.0 Å². The number of hydrogen-bond donors (Lipinski definition) is 2. The molecule has 0 radical (unpaired) electrons. The Kier molecular flexibility index (Phi) is 11.9. The Labute approximate surface area is 268 Å². The first-order chi connectivity index (χ1) is 22.4. The number of hydrogen-bond acceptors (Lipinski definition) is 7. The van der Waals surface area contributed by atoms with Crippen molar-refractivity contribution >= 4 is 40.8 Å². The standard InChI is InChI=1S/C21H20O6.C18H15N/c1-26-20-11-14(5-9-18(20)24)3-7-16(22)13-17(23)8-4-15-6-10-19(25)21(12-15)27-2;1-4-10-16(11-5-1)19(17-12-6-2-7-13-17)18-14-8-3-9-15-18/h3-12,24-25H,13H2,1-2H3;1-15H/b7-3+,8-4+;. The van der Waals surface area contributed by atoms with Gasteiger partial charge in [-0.15, -0.1) is 0 Å². The smallest absolute Gasteiger partial charge is 0.163 e. The Hall–Kier alpha value is -6.08. The van der Waals surface area contributed by atoms with Gasteiger partial charge in [0.05, 0.1) is 20.6 Å². The molecule has 0 aliphatic rings. The van der Waals surface area contributed by atoms with Crippen molar-refractivity contribution in [2.45, 2.75) is 6.42 Å². The van der Waals surface area contributed by atoms with Gasteiger partial charge >= 0.3 is 0 Å². The highest BCUT2D eigenvalue weighted by atomic mass is 16.5. The Bertz CT molecular complexity index is 1620. The normalized spacial score (nSPS) is 10.7. The third-order valence-corrected chi connectivity index (χ3v) is 6.72. The number of ether oxygens (including phenoxy) is 2. The van der Waals surface area contributed by atoms with Crippen LogP contribution in [0.2, 0.25) is 0 Å². The third kappa shape index (κ3) is 9.46. The molecular formula is C39H35NO6. The van der Waals surface area contributed by atoms with E-state index in [4.69, 9.17) is 9.47 Å². The van der Waals surface area contributed by atoms with E-state index in [9.17, 15) is 19.8 Å². The van der Waals surface area contributed by atoms with Gasteiger partial charge in [0.25, 0.3) is 0 Å². The van der Waals surface area contributed by atoms with E-state index in [2.05, 4.69) is 77.7 Å². The number of carbonyl (C=O) groups is 2. The minimum absolute atomic E-state index is 0.00662. The molecule has 0 amide bonds. The Morgan fingerprint density at radius 3 is 1.24 bits per heavy atom. The fourth-order valence-corrected chi connectivity index (χ4v) is 4.44. The van der Waals surface area contributed by atoms with Gasteiger partial charge in [0.15, 0.2) is 34.6 Å². The van der Waals surface area contributed by atoms with Crippen LogP contribution in [0, 0.1) is 0 Å². The van der Waals surface area contributed by atoms with Crippen molar-refractivity contribution in [3.63, 3.8) is 0 Å². The molecule has 0 aliphatic carbocycles. The molecule has 7 heteroatoms. The third-order valence-electron chi connectivity index (χ3n) is 6.72. The Morgan fingerprint density at radius 2 is 0.913 bits per heavy atom. The molecular weight excluding hydrogens is 578 g/mol. The number of anilines is 3. The van der Waals surface area contributed by atoms with Gasteiger partial charge in [-0.2, -0.15) is 0 Å². The average Bonchev–Trinajstić information content (AvgIpc) is 3.09. The molecule has 5 rings (SSSR count). The van der Waals surface area contributed by atoms with Gasteiger partial charge in [-0.05, 0) is 83.9 Å². The summed E-state index contributed by atoms with van der Waals surface area (Å²) in [4.78, 5) is 26.1. The summed E-state index contributed by atoms with van der Waals surface area (Å²) in [5, 5.41) is 19.1. The molecule has 5 aromatic rings. The second-order valence-electron chi connectivity index (χ2n) is 9.98. The number of benzene rings is 5. The maximum Gasteiger partial charge on any atom is 0.163 e. The van der Waals surface area contributed by atoms with Crippen molar-refractivity contribution in [3.05, 3.63) is 151 Å². The van der Waals surface area contributed by atoms with Gasteiger partial charge in [0.2, 0.25) is 0 Å². The summed E-state index contributed by atoms with van der Waals surface area (Å²) in [6, 6.07) is 40.6. The highest BCUT2D eigenvalue weighted by Crippen LogP contribution is 2.33. The van der Waals surface area contributed by atoms with E-state index < -0.39 is 0 Å². The number of para-hydroxylation sites is 3. The van der Waals surface area contributed by atoms with Crippen LogP contribution in [-0.2, 0) is 9.59 Å². The number of rotatable bonds is 11. The zero-order valence-electron chi connectivity index (χ0n) is 25.6. The molecule has 232 valence electrons. The van der Waals surface area contributed by atoms with E-state index in [0.717, 1.165) is 0 Å². The maximum atomic E-state index is 11.9. The summed E-state index contributed by atoms with van der Waals surface area (Å²) >= 11 is 0. The molecule has 0 spiro atoms. The van der Waals surface area contributed by atoms with Gasteiger partial charge in [-0.1, -0.05) is 78.9 Å². The summed E-state index contributed by atoms with van der Waals surface area (Å²) < 4.78 is 10.00. The largest absolute Gasteiger partial charge is 0.504 e. The summed E-state index contributed by atoms with van der Waals surface area (Å²) in [6.45, 7) is 0. The van der Waals surface area contributed by atoms with Crippen LogP contribution in [0.4, 0.5) is 17.1 Å². The Morgan fingerprint density at radius 1 is 0.565 bits per heavy atom. The predicted molar refractivity (Wildman–Crippen MR) is 183 cm³/mol. The first kappa shape index (κ1) is 32.8. The molecule has 2 N–H and O–H groups in total. The molecule has 5 aromatic carbocycles. The SMILES string of the molecule is COc1cc(/C=C/C(=O)CC(=O)/C=C/c2ccc(O)c(OC)c2)ccc1O.c1ccc(N(c2ccccc2)c2ccccc2)cc1. The molecule has 0 fully saturated rings. The van der Waals surface area contributed by atoms with Gasteiger partial charge in [0.1, 0.15) is 0 Å². The lowest BCUT2D eigenvalue weighted by molar-refractivity contribution is -0.121. The van der Waals surface area contributed by atoms with Crippen molar-refractivity contribution in [2.75, 3.05) is 19.1 Å². The van der Waals surface area contributed by atoms with Gasteiger partial charge in [-0.25, -0.2) is 0 Å². The van der Waals surface area contributed by atoms with Crippen LogP contribution in [0.25, 0.3) is 12.2 Å². The van der Waals surface area contributed by atoms with Crippen LogP contribution < -0.4 is 14.4 Å². The van der Waals surface area contributed by atoms with E-state index in [1.807, 2.05) is 18.2 Å². The van der Waals surface area contributed by atoms with Crippen molar-refractivity contribution in [1.29, 1.82) is 0 Å². The summed E-state index contributed by atoms with van der Waals surface area (Å²) in [7, 11) is 2.87. The van der Waals surface area contributed by atoms with Crippen molar-refractivity contribution in [3.8, 4) is 23.0 Å². The first-order valence-corrected chi connectivity index (χ1v) is 14.5. The van der Waals surface area contributed by atoms with Crippen LogP contribution in [0.1, 0.15) is 17.5 Å². The van der Waals surface area contributed by atoms with Crippen LogP contribution in [-0.4, -0.2) is 36.0 Å². The predicted octanol–water partition coefficient (Wildman–Crippen LogP) is 8.53. The molecule has 0 aliphatic heterocycles. The van der Waals surface area contributed by atoms with Gasteiger partial charge in [-0.3, -0.25) is 9.59 Å². The van der Waals surface area contributed by atoms with Crippen molar-refractivity contribution in [1.82, 2.24) is 0 Å². The lowest BCUT2D eigenvalue weighted by Crippen LogP contribution is -2.09. The summed E-state index contributed by atoms with van der Waals surface area (Å²) in [6.07, 6.45) is 5.44. The van der Waals surface area contributed by atoms with Crippen molar-refractivity contribution < 1.29 is 29.3 Å². The maximum absolute atomic E-state index is 11.9. The lowest BCUT2D eigenvalue weighted by atomic mass is 10.1. The highest BCUT2D eigenvalue weighted by Gasteiger charge is 2.10. The quantitative estimate of drug-likeness (QED) is 0.114. The van der Waals surface area contributed by atoms with Gasteiger partial charge < -0.3 is 24.6 Å². The average molecular weight is 614 g/mol. The van der Waals surface area contributed by atoms with E-state index >= 15 is 0 Å². The van der Waals surface area contributed by atoms with E-state index in [0.29, 0.717) is 22.6 Å². The summed E-state index contributed by atoms with van der Waals surface area (Å²) in [5.41, 5.74) is 4.83. The van der Waals surface area contributed by atoms with Crippen LogP contribution in [0.3, 0.4) is 0 Å². The number of nitrogens with zero attached hydrogens (tertiary/aromatic N) is 1. The number of phenolic OH excluding ortho intramolecular Hbond substituents is 2. The molecule has 0 unspecified atom stereocenters. The minimum atomic E-state index is -0.347. The molecule has 46 heavy (non-hydrogen) atoms. The van der Waals surface area contributed by atoms with E-state index in [1.54, 1.807) is 36.4 Å². The molecule has 0 bridgehead atoms. The number of phenols is 2. The Balaban J connectivity index is 0.000000221. The molecule has 7 nitrogen and oxygen atoms in total. The zero-order valence-corrected chi connectivity index (χ0v) is 25.6. The molecule has 0 atom stereocenters. The fourth-order valence-electron chi connectivity index (χ4n) is 4.44. The lowest BCUT2D eigenvalue weighted by Gasteiger charge is -2.25. The topological polar surface area (TPSA) is 96.3 Å². The second-order valence-corrected chi connectivity index (χ2v) is 9.98. The fraction of sp³-hybridized carbons (Fsp3) is 0.0769. The molecule has 0 heterocycles. The highest BCUT2D eigenvalue weighted by molar-refractivity contribution is 6.10.